The fraction of sp³-hybridized carbons (Fsp3) is 0.333. The molecule has 1 amide bonds. The fourth-order valence-electron chi connectivity index (χ4n) is 1.26. The van der Waals surface area contributed by atoms with Gasteiger partial charge < -0.3 is 15.8 Å². The zero-order valence-corrected chi connectivity index (χ0v) is 11.1. The van der Waals surface area contributed by atoms with E-state index in [0.29, 0.717) is 5.69 Å². The summed E-state index contributed by atoms with van der Waals surface area (Å²) >= 11 is 1.56. The molecule has 1 unspecified atom stereocenters. The zero-order chi connectivity index (χ0) is 13.5. The van der Waals surface area contributed by atoms with E-state index in [0.717, 1.165) is 4.90 Å². The lowest BCUT2D eigenvalue weighted by Crippen LogP contribution is -2.43. The van der Waals surface area contributed by atoms with Gasteiger partial charge in [0.1, 0.15) is 0 Å². The predicted molar refractivity (Wildman–Crippen MR) is 71.5 cm³/mol. The van der Waals surface area contributed by atoms with Crippen molar-refractivity contribution >= 4 is 29.3 Å². The molecule has 0 aliphatic rings. The van der Waals surface area contributed by atoms with Crippen molar-refractivity contribution in [1.82, 2.24) is 0 Å². The first-order valence-electron chi connectivity index (χ1n) is 5.45. The summed E-state index contributed by atoms with van der Waals surface area (Å²) < 4.78 is 4.68. The quantitative estimate of drug-likeness (QED) is 0.477. The van der Waals surface area contributed by atoms with Crippen LogP contribution in [0.5, 0.6) is 0 Å². The smallest absolute Gasteiger partial charge is 0.332 e. The van der Waals surface area contributed by atoms with E-state index < -0.39 is 17.9 Å². The van der Waals surface area contributed by atoms with Gasteiger partial charge in [0.25, 0.3) is 5.91 Å². The van der Waals surface area contributed by atoms with Crippen LogP contribution < -0.4 is 11.1 Å². The molecule has 0 bridgehead atoms. The van der Waals surface area contributed by atoms with Crippen molar-refractivity contribution in [3.8, 4) is 0 Å². The number of benzene rings is 1. The number of nitrogens with two attached hydrogens (primary N) is 1. The monoisotopic (exact) mass is 268 g/mol. The van der Waals surface area contributed by atoms with Crippen LogP contribution in [0.4, 0.5) is 5.69 Å². The van der Waals surface area contributed by atoms with E-state index in [1.807, 2.05) is 18.4 Å². The van der Waals surface area contributed by atoms with Crippen LogP contribution in [-0.2, 0) is 14.3 Å². The summed E-state index contributed by atoms with van der Waals surface area (Å²) in [6.45, 7) is 1.85. The Labute approximate surface area is 110 Å². The van der Waals surface area contributed by atoms with Crippen molar-refractivity contribution in [2.24, 2.45) is 5.73 Å². The number of hydrogen-bond donors (Lipinski definition) is 2. The Morgan fingerprint density at radius 3 is 2.83 bits per heavy atom. The average Bonchev–Trinajstić information content (AvgIpc) is 2.38. The Bertz CT molecular complexity index is 437. The number of hydrogen-bond acceptors (Lipinski definition) is 5. The van der Waals surface area contributed by atoms with E-state index in [1.165, 1.54) is 0 Å². The molecule has 0 fully saturated rings. The third-order valence-electron chi connectivity index (χ3n) is 2.16. The van der Waals surface area contributed by atoms with E-state index in [1.54, 1.807) is 30.8 Å². The molecule has 98 valence electrons. The van der Waals surface area contributed by atoms with Gasteiger partial charge in [-0.15, -0.1) is 11.8 Å². The number of nitrogens with one attached hydrogen (secondary N) is 1. The lowest BCUT2D eigenvalue weighted by Gasteiger charge is -2.11. The molecule has 0 aliphatic carbocycles. The van der Waals surface area contributed by atoms with Gasteiger partial charge in [0.15, 0.2) is 6.04 Å². The molecule has 3 N–H and O–H groups in total. The maximum absolute atomic E-state index is 11.7. The largest absolute Gasteiger partial charge is 0.464 e. The summed E-state index contributed by atoms with van der Waals surface area (Å²) in [6.07, 6.45) is 1.94. The second kappa shape index (κ2) is 7.03. The molecule has 5 nitrogen and oxygen atoms in total. The van der Waals surface area contributed by atoms with Gasteiger partial charge in [-0.3, -0.25) is 4.79 Å². The van der Waals surface area contributed by atoms with Gasteiger partial charge >= 0.3 is 5.97 Å². The number of carbonyl (C=O) groups is 2. The molecule has 0 aromatic heterocycles. The first-order chi connectivity index (χ1) is 8.58. The molecule has 1 atom stereocenters. The Balaban J connectivity index is 2.66. The first kappa shape index (κ1) is 14.5. The Morgan fingerprint density at radius 1 is 1.50 bits per heavy atom. The molecule has 0 radical (unpaired) electrons. The van der Waals surface area contributed by atoms with Crippen LogP contribution in [0.2, 0.25) is 0 Å². The second-order valence-electron chi connectivity index (χ2n) is 3.45. The maximum Gasteiger partial charge on any atom is 0.332 e. The highest BCUT2D eigenvalue weighted by Crippen LogP contribution is 2.18. The number of thioether (sulfide) groups is 1. The lowest BCUT2D eigenvalue weighted by atomic mass is 10.2. The minimum absolute atomic E-state index is 0.196. The second-order valence-corrected chi connectivity index (χ2v) is 4.33. The summed E-state index contributed by atoms with van der Waals surface area (Å²) in [5, 5.41) is 2.58. The topological polar surface area (TPSA) is 81.4 Å². The van der Waals surface area contributed by atoms with Crippen molar-refractivity contribution in [3.63, 3.8) is 0 Å². The molecule has 0 saturated heterocycles. The number of amides is 1. The minimum atomic E-state index is -1.30. The summed E-state index contributed by atoms with van der Waals surface area (Å²) in [6, 6.07) is 5.97. The van der Waals surface area contributed by atoms with E-state index in [4.69, 9.17) is 5.73 Å². The van der Waals surface area contributed by atoms with Crippen molar-refractivity contribution in [2.75, 3.05) is 18.2 Å². The zero-order valence-electron chi connectivity index (χ0n) is 10.3. The summed E-state index contributed by atoms with van der Waals surface area (Å²) in [4.78, 5) is 24.0. The number of carbonyl (C=O) groups excluding carboxylic acids is 2. The highest BCUT2D eigenvalue weighted by molar-refractivity contribution is 7.98. The standard InChI is InChI=1S/C12H16N2O3S/c1-3-17-12(16)10(13)11(15)14-8-5-4-6-9(7-8)18-2/h4-7,10H,3,13H2,1-2H3,(H,14,15). The lowest BCUT2D eigenvalue weighted by molar-refractivity contribution is -0.146. The number of anilines is 1. The summed E-state index contributed by atoms with van der Waals surface area (Å²) in [5.74, 6) is -1.30. The summed E-state index contributed by atoms with van der Waals surface area (Å²) in [7, 11) is 0. The average molecular weight is 268 g/mol. The van der Waals surface area contributed by atoms with E-state index in [2.05, 4.69) is 10.1 Å². The van der Waals surface area contributed by atoms with Crippen molar-refractivity contribution in [1.29, 1.82) is 0 Å². The van der Waals surface area contributed by atoms with Gasteiger partial charge in [0, 0.05) is 10.6 Å². The van der Waals surface area contributed by atoms with Crippen LogP contribution in [0.1, 0.15) is 6.92 Å². The first-order valence-corrected chi connectivity index (χ1v) is 6.68. The van der Waals surface area contributed by atoms with Gasteiger partial charge in [-0.1, -0.05) is 6.07 Å². The molecular formula is C12H16N2O3S. The van der Waals surface area contributed by atoms with Crippen molar-refractivity contribution < 1.29 is 14.3 Å². The third kappa shape index (κ3) is 4.05. The summed E-state index contributed by atoms with van der Waals surface area (Å²) in [5.41, 5.74) is 6.08. The minimum Gasteiger partial charge on any atom is -0.464 e. The Morgan fingerprint density at radius 2 is 2.22 bits per heavy atom. The van der Waals surface area contributed by atoms with Crippen LogP contribution in [0, 0.1) is 0 Å². The predicted octanol–water partition coefficient (Wildman–Crippen LogP) is 1.24. The third-order valence-corrected chi connectivity index (χ3v) is 2.89. The molecule has 0 aliphatic heterocycles. The van der Waals surface area contributed by atoms with Crippen molar-refractivity contribution in [2.45, 2.75) is 17.9 Å². The van der Waals surface area contributed by atoms with E-state index >= 15 is 0 Å². The van der Waals surface area contributed by atoms with Gasteiger partial charge in [-0.25, -0.2) is 4.79 Å². The number of esters is 1. The van der Waals surface area contributed by atoms with Crippen LogP contribution in [0.3, 0.4) is 0 Å². The number of rotatable bonds is 5. The molecule has 0 heterocycles. The fourth-order valence-corrected chi connectivity index (χ4v) is 1.72. The molecule has 1 aromatic rings. The van der Waals surface area contributed by atoms with E-state index in [-0.39, 0.29) is 6.61 Å². The van der Waals surface area contributed by atoms with Crippen LogP contribution in [0.25, 0.3) is 0 Å². The van der Waals surface area contributed by atoms with Gasteiger partial charge in [0.2, 0.25) is 0 Å². The van der Waals surface area contributed by atoms with Gasteiger partial charge in [-0.2, -0.15) is 0 Å². The number of ether oxygens (including phenoxy) is 1. The molecule has 6 heteroatoms. The molecule has 18 heavy (non-hydrogen) atoms. The van der Waals surface area contributed by atoms with Crippen molar-refractivity contribution in [3.05, 3.63) is 24.3 Å². The molecule has 1 rings (SSSR count). The van der Waals surface area contributed by atoms with Gasteiger partial charge in [-0.05, 0) is 31.4 Å². The highest BCUT2D eigenvalue weighted by atomic mass is 32.2. The van der Waals surface area contributed by atoms with Gasteiger partial charge in [0.05, 0.1) is 6.61 Å². The van der Waals surface area contributed by atoms with Crippen LogP contribution in [0.15, 0.2) is 29.2 Å². The Hall–Kier alpha value is -1.53. The highest BCUT2D eigenvalue weighted by Gasteiger charge is 2.23. The molecular weight excluding hydrogens is 252 g/mol. The van der Waals surface area contributed by atoms with E-state index in [9.17, 15) is 9.59 Å². The Kier molecular flexibility index (Phi) is 5.67. The van der Waals surface area contributed by atoms with Crippen LogP contribution >= 0.6 is 11.8 Å². The normalized spacial score (nSPS) is 11.7. The molecule has 0 saturated carbocycles. The molecule has 0 spiro atoms. The SMILES string of the molecule is CCOC(=O)C(N)C(=O)Nc1cccc(SC)c1. The maximum atomic E-state index is 11.7. The molecule has 1 aromatic carbocycles. The van der Waals surface area contributed by atoms with Crippen LogP contribution in [-0.4, -0.2) is 30.8 Å².